The van der Waals surface area contributed by atoms with Crippen molar-refractivity contribution in [1.82, 2.24) is 9.55 Å². The molecule has 0 unspecified atom stereocenters. The third kappa shape index (κ3) is 3.36. The molecule has 1 aromatic carbocycles. The molecule has 0 bridgehead atoms. The van der Waals surface area contributed by atoms with E-state index in [1.54, 1.807) is 4.57 Å². The first kappa shape index (κ1) is 14.4. The number of aromatic amines is 1. The fourth-order valence-electron chi connectivity index (χ4n) is 3.06. The molecule has 1 fully saturated rings. The quantitative estimate of drug-likeness (QED) is 0.827. The summed E-state index contributed by atoms with van der Waals surface area (Å²) in [7, 11) is 0. The zero-order valence-electron chi connectivity index (χ0n) is 12.3. The Labute approximate surface area is 124 Å². The van der Waals surface area contributed by atoms with E-state index >= 15 is 0 Å². The van der Waals surface area contributed by atoms with Crippen LogP contribution >= 0.6 is 0 Å². The minimum absolute atomic E-state index is 0.0418. The maximum Gasteiger partial charge on any atom is 0.326 e. The van der Waals surface area contributed by atoms with Gasteiger partial charge in [0, 0.05) is 19.2 Å². The summed E-state index contributed by atoms with van der Waals surface area (Å²) in [6, 6.07) is 8.13. The lowest BCUT2D eigenvalue weighted by molar-refractivity contribution is 0.0225. The van der Waals surface area contributed by atoms with Gasteiger partial charge in [-0.15, -0.1) is 0 Å². The molecule has 0 saturated heterocycles. The number of nitrogens with zero attached hydrogens (tertiary/aromatic N) is 1. The summed E-state index contributed by atoms with van der Waals surface area (Å²) in [6.45, 7) is 1.39. The van der Waals surface area contributed by atoms with Crippen LogP contribution in [0.25, 0.3) is 11.0 Å². The van der Waals surface area contributed by atoms with E-state index < -0.39 is 0 Å². The molecule has 21 heavy (non-hydrogen) atoms. The number of fused-ring (bicyclic) bond motifs is 1. The van der Waals surface area contributed by atoms with Gasteiger partial charge in [0.05, 0.1) is 17.1 Å². The first-order chi connectivity index (χ1) is 10.2. The number of nitrogens with two attached hydrogens (primary N) is 1. The van der Waals surface area contributed by atoms with Crippen LogP contribution in [0.3, 0.4) is 0 Å². The Morgan fingerprint density at radius 3 is 2.81 bits per heavy atom. The average molecular weight is 289 g/mol. The predicted octanol–water partition coefficient (Wildman–Crippen LogP) is 2.01. The summed E-state index contributed by atoms with van der Waals surface area (Å²) < 4.78 is 7.69. The van der Waals surface area contributed by atoms with Crippen molar-refractivity contribution in [2.24, 2.45) is 5.73 Å². The second-order valence-corrected chi connectivity index (χ2v) is 5.86. The van der Waals surface area contributed by atoms with E-state index in [-0.39, 0.29) is 5.69 Å². The fourth-order valence-corrected chi connectivity index (χ4v) is 3.06. The lowest BCUT2D eigenvalue weighted by atomic mass is 9.94. The SMILES string of the molecule is NC1CCC(OCCCn2c(=O)[nH]c3ccccc32)CC1. The number of benzene rings is 1. The number of ether oxygens (including phenoxy) is 1. The number of rotatable bonds is 5. The van der Waals surface area contributed by atoms with Gasteiger partial charge in [-0.3, -0.25) is 4.57 Å². The maximum absolute atomic E-state index is 11.9. The molecule has 1 aliphatic carbocycles. The van der Waals surface area contributed by atoms with Crippen LogP contribution in [0.1, 0.15) is 32.1 Å². The molecule has 0 atom stereocenters. The van der Waals surface area contributed by atoms with Crippen LogP contribution < -0.4 is 11.4 Å². The topological polar surface area (TPSA) is 73.0 Å². The zero-order chi connectivity index (χ0) is 14.7. The number of para-hydroxylation sites is 2. The number of hydrogen-bond acceptors (Lipinski definition) is 3. The number of hydrogen-bond donors (Lipinski definition) is 2. The molecular formula is C16H23N3O2. The highest BCUT2D eigenvalue weighted by atomic mass is 16.5. The van der Waals surface area contributed by atoms with Crippen molar-refractivity contribution < 1.29 is 4.74 Å². The van der Waals surface area contributed by atoms with Gasteiger partial charge in [0.15, 0.2) is 0 Å². The van der Waals surface area contributed by atoms with Gasteiger partial charge in [0.2, 0.25) is 0 Å². The smallest absolute Gasteiger partial charge is 0.326 e. The number of imidazole rings is 1. The van der Waals surface area contributed by atoms with Crippen molar-refractivity contribution in [3.05, 3.63) is 34.7 Å². The van der Waals surface area contributed by atoms with Crippen LogP contribution in [0, 0.1) is 0 Å². The van der Waals surface area contributed by atoms with Crippen molar-refractivity contribution >= 4 is 11.0 Å². The van der Waals surface area contributed by atoms with Crippen molar-refractivity contribution in [3.8, 4) is 0 Å². The second kappa shape index (κ2) is 6.45. The van der Waals surface area contributed by atoms with Gasteiger partial charge in [-0.2, -0.15) is 0 Å². The minimum Gasteiger partial charge on any atom is -0.378 e. The summed E-state index contributed by atoms with van der Waals surface area (Å²) in [5.41, 5.74) is 7.70. The molecule has 0 radical (unpaired) electrons. The summed E-state index contributed by atoms with van der Waals surface area (Å²) in [4.78, 5) is 14.8. The van der Waals surface area contributed by atoms with Gasteiger partial charge in [-0.25, -0.2) is 4.79 Å². The molecule has 0 spiro atoms. The number of H-pyrrole nitrogens is 1. The van der Waals surface area contributed by atoms with E-state index in [1.165, 1.54) is 0 Å². The monoisotopic (exact) mass is 289 g/mol. The first-order valence-corrected chi connectivity index (χ1v) is 7.79. The Hall–Kier alpha value is -1.59. The Morgan fingerprint density at radius 1 is 1.24 bits per heavy atom. The molecule has 0 amide bonds. The number of nitrogens with one attached hydrogen (secondary N) is 1. The van der Waals surface area contributed by atoms with Gasteiger partial charge in [0.1, 0.15) is 0 Å². The Bertz CT molecular complexity index is 638. The van der Waals surface area contributed by atoms with Crippen molar-refractivity contribution in [3.63, 3.8) is 0 Å². The van der Waals surface area contributed by atoms with Crippen LogP contribution in [-0.4, -0.2) is 28.3 Å². The molecule has 1 aromatic heterocycles. The molecule has 3 N–H and O–H groups in total. The van der Waals surface area contributed by atoms with Crippen LogP contribution in [0.4, 0.5) is 0 Å². The Kier molecular flexibility index (Phi) is 4.41. The van der Waals surface area contributed by atoms with Crippen LogP contribution in [-0.2, 0) is 11.3 Å². The van der Waals surface area contributed by atoms with Crippen molar-refractivity contribution in [2.75, 3.05) is 6.61 Å². The molecular weight excluding hydrogens is 266 g/mol. The number of aromatic nitrogens is 2. The van der Waals surface area contributed by atoms with E-state index in [4.69, 9.17) is 10.5 Å². The van der Waals surface area contributed by atoms with E-state index in [0.717, 1.165) is 43.1 Å². The van der Waals surface area contributed by atoms with Crippen LogP contribution in [0.2, 0.25) is 0 Å². The summed E-state index contributed by atoms with van der Waals surface area (Å²) >= 11 is 0. The van der Waals surface area contributed by atoms with E-state index in [1.807, 2.05) is 24.3 Å². The largest absolute Gasteiger partial charge is 0.378 e. The van der Waals surface area contributed by atoms with E-state index in [0.29, 0.717) is 25.3 Å². The van der Waals surface area contributed by atoms with Gasteiger partial charge in [-0.1, -0.05) is 12.1 Å². The van der Waals surface area contributed by atoms with Crippen LogP contribution in [0.5, 0.6) is 0 Å². The number of aryl methyl sites for hydroxylation is 1. The van der Waals surface area contributed by atoms with Crippen LogP contribution in [0.15, 0.2) is 29.1 Å². The average Bonchev–Trinajstić information content (AvgIpc) is 2.81. The summed E-state index contributed by atoms with van der Waals surface area (Å²) in [5.74, 6) is 0. The maximum atomic E-state index is 11.9. The lowest BCUT2D eigenvalue weighted by Gasteiger charge is -2.26. The highest BCUT2D eigenvalue weighted by Crippen LogP contribution is 2.20. The standard InChI is InChI=1S/C16H23N3O2/c17-12-6-8-13(9-7-12)21-11-3-10-19-15-5-2-1-4-14(15)18-16(19)20/h1-2,4-5,12-13H,3,6-11,17H2,(H,18,20). The second-order valence-electron chi connectivity index (χ2n) is 5.86. The molecule has 0 aliphatic heterocycles. The van der Waals surface area contributed by atoms with Crippen molar-refractivity contribution in [1.29, 1.82) is 0 Å². The molecule has 3 rings (SSSR count). The molecule has 5 nitrogen and oxygen atoms in total. The van der Waals surface area contributed by atoms with E-state index in [2.05, 4.69) is 4.98 Å². The molecule has 1 heterocycles. The highest BCUT2D eigenvalue weighted by molar-refractivity contribution is 5.74. The Balaban J connectivity index is 1.51. The van der Waals surface area contributed by atoms with Gasteiger partial charge < -0.3 is 15.5 Å². The van der Waals surface area contributed by atoms with Gasteiger partial charge in [0.25, 0.3) is 0 Å². The normalized spacial score (nSPS) is 22.7. The zero-order valence-corrected chi connectivity index (χ0v) is 12.3. The Morgan fingerprint density at radius 2 is 2.00 bits per heavy atom. The third-order valence-electron chi connectivity index (χ3n) is 4.28. The summed E-state index contributed by atoms with van der Waals surface area (Å²) in [6.07, 6.45) is 5.45. The van der Waals surface area contributed by atoms with E-state index in [9.17, 15) is 4.79 Å². The first-order valence-electron chi connectivity index (χ1n) is 7.79. The molecule has 5 heteroatoms. The van der Waals surface area contributed by atoms with Gasteiger partial charge >= 0.3 is 5.69 Å². The predicted molar refractivity (Wildman–Crippen MR) is 83.4 cm³/mol. The lowest BCUT2D eigenvalue weighted by Crippen LogP contribution is -2.30. The van der Waals surface area contributed by atoms with Gasteiger partial charge in [-0.05, 0) is 44.2 Å². The summed E-state index contributed by atoms with van der Waals surface area (Å²) in [5, 5.41) is 0. The van der Waals surface area contributed by atoms with Crippen molar-refractivity contribution in [2.45, 2.75) is 50.8 Å². The molecule has 1 saturated carbocycles. The molecule has 1 aliphatic rings. The molecule has 2 aromatic rings. The third-order valence-corrected chi connectivity index (χ3v) is 4.28. The fraction of sp³-hybridized carbons (Fsp3) is 0.562. The minimum atomic E-state index is -0.0418. The molecule has 114 valence electrons. The highest BCUT2D eigenvalue weighted by Gasteiger charge is 2.18.